The average Bonchev–Trinajstić information content (AvgIpc) is 4.01. The predicted octanol–water partition coefficient (Wildman–Crippen LogP) is 6.51. The molecule has 5 aromatic rings. The number of likely N-dealkylation sites (tertiary alicyclic amines) is 2. The third kappa shape index (κ3) is 8.23. The molecule has 11 heteroatoms. The zero-order valence-corrected chi connectivity index (χ0v) is 30.9. The molecule has 0 aliphatic carbocycles. The number of hydrogen-bond donors (Lipinski definition) is 3. The number of hydrogen-bond acceptors (Lipinski definition) is 7. The summed E-state index contributed by atoms with van der Waals surface area (Å²) < 4.78 is 6.19. The number of rotatable bonds is 11. The van der Waals surface area contributed by atoms with E-state index >= 15 is 0 Å². The first-order valence-corrected chi connectivity index (χ1v) is 18.7. The van der Waals surface area contributed by atoms with Gasteiger partial charge in [-0.05, 0) is 112 Å². The number of nitrogens with one attached hydrogen (secondary N) is 2. The maximum Gasteiger partial charge on any atom is 0.256 e. The van der Waals surface area contributed by atoms with Crippen molar-refractivity contribution in [1.29, 1.82) is 0 Å². The summed E-state index contributed by atoms with van der Waals surface area (Å²) in [6, 6.07) is 35.1. The Kier molecular flexibility index (Phi) is 11.2. The number of benzene rings is 4. The Balaban J connectivity index is 0.945. The van der Waals surface area contributed by atoms with Crippen molar-refractivity contribution in [2.24, 2.45) is 0 Å². The topological polar surface area (TPSA) is 135 Å². The number of carbonyl (C=O) groups excluding carboxylic acids is 4. The summed E-state index contributed by atoms with van der Waals surface area (Å²) in [5, 5.41) is 16.6. The maximum atomic E-state index is 13.7. The lowest BCUT2D eigenvalue weighted by Crippen LogP contribution is -2.47. The zero-order chi connectivity index (χ0) is 38.5. The standard InChI is InChI=1S/C44H45N5O6/c1-47(2)39(31-11-5-3-6-12-31)43(53)48-27-9-15-35(48)41(51)45-33-21-17-29(18-22-33)37-25-26-38(55-37)30-19-23-34(24-20-30)46-42(52)36-16-10-28-49(36)44(54)40(50)32-13-7-4-8-14-32/h3-8,11-14,17-26,35-36,39-40,50H,9-10,15-16,27-28H2,1-2H3,(H,45,51)(H,46,52)/t35?,36?,39-,40-/m0/s1. The van der Waals surface area contributed by atoms with Crippen molar-refractivity contribution < 1.29 is 28.7 Å². The third-order valence-corrected chi connectivity index (χ3v) is 10.4. The molecule has 2 fully saturated rings. The molecule has 55 heavy (non-hydrogen) atoms. The van der Waals surface area contributed by atoms with E-state index in [4.69, 9.17) is 4.42 Å². The molecule has 0 saturated carbocycles. The quantitative estimate of drug-likeness (QED) is 0.141. The van der Waals surface area contributed by atoms with Crippen LogP contribution in [0.4, 0.5) is 11.4 Å². The highest BCUT2D eigenvalue weighted by Gasteiger charge is 2.39. The number of carbonyl (C=O) groups is 4. The molecule has 7 rings (SSSR count). The lowest BCUT2D eigenvalue weighted by molar-refractivity contribution is -0.144. The summed E-state index contributed by atoms with van der Waals surface area (Å²) in [5.41, 5.74) is 4.24. The van der Waals surface area contributed by atoms with Gasteiger partial charge in [-0.1, -0.05) is 60.7 Å². The molecule has 2 aliphatic rings. The van der Waals surface area contributed by atoms with Gasteiger partial charge in [-0.2, -0.15) is 0 Å². The summed E-state index contributed by atoms with van der Waals surface area (Å²) in [4.78, 5) is 58.6. The summed E-state index contributed by atoms with van der Waals surface area (Å²) in [6.07, 6.45) is 1.24. The molecule has 2 saturated heterocycles. The van der Waals surface area contributed by atoms with Gasteiger partial charge in [-0.3, -0.25) is 24.1 Å². The van der Waals surface area contributed by atoms with Crippen molar-refractivity contribution in [1.82, 2.24) is 14.7 Å². The largest absolute Gasteiger partial charge is 0.456 e. The van der Waals surface area contributed by atoms with Gasteiger partial charge in [-0.15, -0.1) is 0 Å². The number of aliphatic hydroxyl groups excluding tert-OH is 1. The summed E-state index contributed by atoms with van der Waals surface area (Å²) in [7, 11) is 3.75. The number of anilines is 2. The first-order chi connectivity index (χ1) is 26.7. The molecule has 0 bridgehead atoms. The van der Waals surface area contributed by atoms with Crippen LogP contribution in [-0.2, 0) is 19.2 Å². The molecule has 0 radical (unpaired) electrons. The predicted molar refractivity (Wildman–Crippen MR) is 211 cm³/mol. The molecule has 0 spiro atoms. The van der Waals surface area contributed by atoms with Crippen LogP contribution >= 0.6 is 0 Å². The molecule has 3 heterocycles. The van der Waals surface area contributed by atoms with Gasteiger partial charge in [0.25, 0.3) is 5.91 Å². The second-order valence-corrected chi connectivity index (χ2v) is 14.3. The SMILES string of the molecule is CN(C)[C@H](C(=O)N1CCCC1C(=O)Nc1ccc(-c2ccc(-c3ccc(NC(=O)C4CCCN4C(=O)[C@@H](O)c4ccccc4)cc3)o2)cc1)c1ccccc1. The van der Waals surface area contributed by atoms with Gasteiger partial charge in [0.05, 0.1) is 0 Å². The Labute approximate surface area is 320 Å². The van der Waals surface area contributed by atoms with Crippen molar-refractivity contribution in [3.63, 3.8) is 0 Å². The summed E-state index contributed by atoms with van der Waals surface area (Å²) in [5.74, 6) is 0.229. The zero-order valence-electron chi connectivity index (χ0n) is 30.9. The Morgan fingerprint density at radius 2 is 1.05 bits per heavy atom. The van der Waals surface area contributed by atoms with Gasteiger partial charge >= 0.3 is 0 Å². The van der Waals surface area contributed by atoms with Crippen LogP contribution in [0, 0.1) is 0 Å². The molecule has 282 valence electrons. The third-order valence-electron chi connectivity index (χ3n) is 10.4. The van der Waals surface area contributed by atoms with Crippen molar-refractivity contribution in [2.75, 3.05) is 37.8 Å². The minimum Gasteiger partial charge on any atom is -0.456 e. The Morgan fingerprint density at radius 3 is 1.51 bits per heavy atom. The van der Waals surface area contributed by atoms with Crippen molar-refractivity contribution in [3.8, 4) is 22.6 Å². The Morgan fingerprint density at radius 1 is 0.618 bits per heavy atom. The van der Waals surface area contributed by atoms with Gasteiger partial charge in [-0.25, -0.2) is 0 Å². The molecule has 2 unspecified atom stereocenters. The van der Waals surface area contributed by atoms with E-state index in [0.29, 0.717) is 60.8 Å². The second kappa shape index (κ2) is 16.5. The van der Waals surface area contributed by atoms with Crippen molar-refractivity contribution in [3.05, 3.63) is 132 Å². The van der Waals surface area contributed by atoms with E-state index in [0.717, 1.165) is 23.1 Å². The van der Waals surface area contributed by atoms with Crippen LogP contribution in [-0.4, -0.2) is 82.7 Å². The number of likely N-dealkylation sites (N-methyl/N-ethyl adjacent to an activating group) is 1. The van der Waals surface area contributed by atoms with Gasteiger partial charge < -0.3 is 30.0 Å². The molecular weight excluding hydrogens is 695 g/mol. The fraction of sp³-hybridized carbons (Fsp3) is 0.273. The van der Waals surface area contributed by atoms with Crippen molar-refractivity contribution >= 4 is 35.0 Å². The van der Waals surface area contributed by atoms with Crippen LogP contribution in [0.5, 0.6) is 0 Å². The molecule has 1 aromatic heterocycles. The van der Waals surface area contributed by atoms with Crippen LogP contribution in [0.2, 0.25) is 0 Å². The number of aliphatic hydroxyl groups is 1. The molecule has 4 amide bonds. The van der Waals surface area contributed by atoms with Gasteiger partial charge in [0, 0.05) is 35.6 Å². The van der Waals surface area contributed by atoms with E-state index in [1.54, 1.807) is 41.3 Å². The van der Waals surface area contributed by atoms with Crippen LogP contribution in [0.1, 0.15) is 49.0 Å². The minimum atomic E-state index is -1.32. The van der Waals surface area contributed by atoms with E-state index in [1.807, 2.05) is 104 Å². The normalized spacial score (nSPS) is 17.9. The highest BCUT2D eigenvalue weighted by Crippen LogP contribution is 2.32. The van der Waals surface area contributed by atoms with Gasteiger partial charge in [0.15, 0.2) is 6.10 Å². The van der Waals surface area contributed by atoms with Gasteiger partial charge in [0.1, 0.15) is 29.6 Å². The fourth-order valence-electron chi connectivity index (χ4n) is 7.53. The molecule has 2 aliphatic heterocycles. The molecular formula is C44H45N5O6. The lowest BCUT2D eigenvalue weighted by atomic mass is 10.0. The minimum absolute atomic E-state index is 0.0815. The molecule has 4 atom stereocenters. The summed E-state index contributed by atoms with van der Waals surface area (Å²) in [6.45, 7) is 0.945. The molecule has 4 aromatic carbocycles. The number of nitrogens with zero attached hydrogens (tertiary/aromatic N) is 3. The van der Waals surface area contributed by atoms with E-state index in [1.165, 1.54) is 4.90 Å². The van der Waals surface area contributed by atoms with Crippen molar-refractivity contribution in [2.45, 2.75) is 49.9 Å². The monoisotopic (exact) mass is 739 g/mol. The Bertz CT molecular complexity index is 2120. The van der Waals surface area contributed by atoms with E-state index in [-0.39, 0.29) is 17.7 Å². The fourth-order valence-corrected chi connectivity index (χ4v) is 7.53. The first kappa shape index (κ1) is 37.3. The average molecular weight is 740 g/mol. The maximum absolute atomic E-state index is 13.7. The lowest BCUT2D eigenvalue weighted by Gasteiger charge is -2.31. The first-order valence-electron chi connectivity index (χ1n) is 18.7. The van der Waals surface area contributed by atoms with E-state index in [2.05, 4.69) is 10.6 Å². The summed E-state index contributed by atoms with van der Waals surface area (Å²) >= 11 is 0. The van der Waals surface area contributed by atoms with Crippen LogP contribution < -0.4 is 10.6 Å². The smallest absolute Gasteiger partial charge is 0.256 e. The van der Waals surface area contributed by atoms with E-state index in [9.17, 15) is 24.3 Å². The highest BCUT2D eigenvalue weighted by atomic mass is 16.3. The highest BCUT2D eigenvalue weighted by molar-refractivity contribution is 5.99. The molecule has 3 N–H and O–H groups in total. The Hall–Kier alpha value is -6.04. The number of amides is 4. The number of furan rings is 1. The second-order valence-electron chi connectivity index (χ2n) is 14.3. The van der Waals surface area contributed by atoms with Gasteiger partial charge in [0.2, 0.25) is 17.7 Å². The molecule has 11 nitrogen and oxygen atoms in total. The van der Waals surface area contributed by atoms with Crippen LogP contribution in [0.15, 0.2) is 126 Å². The van der Waals surface area contributed by atoms with E-state index < -0.39 is 30.1 Å². The van der Waals surface area contributed by atoms with Crippen LogP contribution in [0.3, 0.4) is 0 Å². The van der Waals surface area contributed by atoms with Crippen LogP contribution in [0.25, 0.3) is 22.6 Å².